The van der Waals surface area contributed by atoms with Crippen LogP contribution in [0, 0.1) is 5.92 Å². The molecule has 0 spiro atoms. The molecule has 2 heterocycles. The molecule has 0 aliphatic carbocycles. The zero-order valence-electron chi connectivity index (χ0n) is 13.2. The Morgan fingerprint density at radius 1 is 1.41 bits per heavy atom. The topological polar surface area (TPSA) is 91.5 Å². The highest BCUT2D eigenvalue weighted by atomic mass is 16.3. The number of urea groups is 1. The Balaban J connectivity index is 1.88. The van der Waals surface area contributed by atoms with Crippen molar-refractivity contribution in [2.24, 2.45) is 5.92 Å². The summed E-state index contributed by atoms with van der Waals surface area (Å²) in [7, 11) is 0. The molecule has 0 fully saturated rings. The SMILES string of the molecule is CC(C)CCC(C)(O)CNC(=O)Nc1nnc2ccccn12. The van der Waals surface area contributed by atoms with Gasteiger partial charge in [0.2, 0.25) is 5.95 Å². The Kier molecular flexibility index (Phi) is 4.97. The van der Waals surface area contributed by atoms with Gasteiger partial charge in [0.1, 0.15) is 0 Å². The number of amides is 2. The molecule has 3 N–H and O–H groups in total. The van der Waals surface area contributed by atoms with Crippen molar-refractivity contribution in [2.75, 3.05) is 11.9 Å². The molecule has 0 radical (unpaired) electrons. The molecule has 0 saturated heterocycles. The second-order valence-corrected chi connectivity index (χ2v) is 6.19. The second kappa shape index (κ2) is 6.74. The van der Waals surface area contributed by atoms with E-state index < -0.39 is 11.6 Å². The summed E-state index contributed by atoms with van der Waals surface area (Å²) < 4.78 is 1.68. The Morgan fingerprint density at radius 2 is 2.18 bits per heavy atom. The fourth-order valence-corrected chi connectivity index (χ4v) is 2.03. The molecule has 1 unspecified atom stereocenters. The van der Waals surface area contributed by atoms with E-state index in [-0.39, 0.29) is 6.54 Å². The molecule has 2 aromatic rings. The van der Waals surface area contributed by atoms with Crippen LogP contribution in [0.4, 0.5) is 10.7 Å². The normalized spacial score (nSPS) is 14.0. The summed E-state index contributed by atoms with van der Waals surface area (Å²) in [5, 5.41) is 23.4. The largest absolute Gasteiger partial charge is 0.388 e. The van der Waals surface area contributed by atoms with Gasteiger partial charge in [-0.05, 0) is 37.8 Å². The lowest BCUT2D eigenvalue weighted by atomic mass is 9.95. The Hall–Kier alpha value is -2.15. The summed E-state index contributed by atoms with van der Waals surface area (Å²) in [4.78, 5) is 11.9. The van der Waals surface area contributed by atoms with E-state index in [2.05, 4.69) is 34.7 Å². The predicted molar refractivity (Wildman–Crippen MR) is 84.7 cm³/mol. The van der Waals surface area contributed by atoms with Crippen LogP contribution >= 0.6 is 0 Å². The minimum absolute atomic E-state index is 0.183. The molecule has 0 aliphatic rings. The second-order valence-electron chi connectivity index (χ2n) is 6.19. The van der Waals surface area contributed by atoms with Crippen molar-refractivity contribution in [3.63, 3.8) is 0 Å². The standard InChI is InChI=1S/C15H23N5O2/c1-11(2)7-8-15(3,22)10-16-14(21)17-13-19-18-12-6-4-5-9-20(12)13/h4-6,9,11,22H,7-8,10H2,1-3H3,(H2,16,17,19,21). The third-order valence-corrected chi connectivity index (χ3v) is 3.43. The third-order valence-electron chi connectivity index (χ3n) is 3.43. The monoisotopic (exact) mass is 305 g/mol. The highest BCUT2D eigenvalue weighted by molar-refractivity contribution is 5.87. The summed E-state index contributed by atoms with van der Waals surface area (Å²) in [5.41, 5.74) is -0.268. The lowest BCUT2D eigenvalue weighted by Gasteiger charge is -2.24. The van der Waals surface area contributed by atoms with Crippen LogP contribution in [0.15, 0.2) is 24.4 Å². The fourth-order valence-electron chi connectivity index (χ4n) is 2.03. The summed E-state index contributed by atoms with van der Waals surface area (Å²) >= 11 is 0. The van der Waals surface area contributed by atoms with E-state index in [0.717, 1.165) is 6.42 Å². The van der Waals surface area contributed by atoms with E-state index in [0.29, 0.717) is 23.9 Å². The zero-order chi connectivity index (χ0) is 16.2. The maximum absolute atomic E-state index is 11.9. The van der Waals surface area contributed by atoms with Crippen LogP contribution in [-0.2, 0) is 0 Å². The highest BCUT2D eigenvalue weighted by Crippen LogP contribution is 2.15. The van der Waals surface area contributed by atoms with Gasteiger partial charge in [-0.3, -0.25) is 9.72 Å². The Labute approximate surface area is 129 Å². The number of nitrogens with zero attached hydrogens (tertiary/aromatic N) is 3. The number of pyridine rings is 1. The summed E-state index contributed by atoms with van der Waals surface area (Å²) in [5.74, 6) is 0.859. The molecule has 0 bridgehead atoms. The number of aromatic nitrogens is 3. The van der Waals surface area contributed by atoms with Crippen LogP contribution in [0.25, 0.3) is 5.65 Å². The number of hydrogen-bond donors (Lipinski definition) is 3. The van der Waals surface area contributed by atoms with Gasteiger partial charge >= 0.3 is 6.03 Å². The van der Waals surface area contributed by atoms with E-state index >= 15 is 0 Å². The summed E-state index contributed by atoms with van der Waals surface area (Å²) in [6.07, 6.45) is 3.31. The van der Waals surface area contributed by atoms with Gasteiger partial charge in [0.05, 0.1) is 5.60 Å². The van der Waals surface area contributed by atoms with Crippen molar-refractivity contribution < 1.29 is 9.90 Å². The van der Waals surface area contributed by atoms with Crippen molar-refractivity contribution in [3.8, 4) is 0 Å². The predicted octanol–water partition coefficient (Wildman–Crippen LogP) is 2.04. The summed E-state index contributed by atoms with van der Waals surface area (Å²) in [6.45, 7) is 6.11. The number of fused-ring (bicyclic) bond motifs is 1. The molecule has 7 nitrogen and oxygen atoms in total. The van der Waals surface area contributed by atoms with Crippen LogP contribution < -0.4 is 10.6 Å². The number of carbonyl (C=O) groups is 1. The Morgan fingerprint density at radius 3 is 2.91 bits per heavy atom. The van der Waals surface area contributed by atoms with Crippen LogP contribution in [0.5, 0.6) is 0 Å². The van der Waals surface area contributed by atoms with Crippen molar-refractivity contribution >= 4 is 17.6 Å². The maximum Gasteiger partial charge on any atom is 0.321 e. The molecule has 0 aromatic carbocycles. The van der Waals surface area contributed by atoms with E-state index in [4.69, 9.17) is 0 Å². The molecule has 2 amide bonds. The van der Waals surface area contributed by atoms with Gasteiger partial charge < -0.3 is 10.4 Å². The van der Waals surface area contributed by atoms with Gasteiger partial charge in [0.15, 0.2) is 5.65 Å². The molecule has 7 heteroatoms. The lowest BCUT2D eigenvalue weighted by Crippen LogP contribution is -2.42. The van der Waals surface area contributed by atoms with Gasteiger partial charge in [0.25, 0.3) is 0 Å². The van der Waals surface area contributed by atoms with E-state index in [1.165, 1.54) is 0 Å². The molecule has 0 aliphatic heterocycles. The van der Waals surface area contributed by atoms with E-state index in [1.54, 1.807) is 23.6 Å². The van der Waals surface area contributed by atoms with Crippen LogP contribution in [0.1, 0.15) is 33.6 Å². The van der Waals surface area contributed by atoms with Crippen LogP contribution in [-0.4, -0.2) is 37.9 Å². The molecule has 22 heavy (non-hydrogen) atoms. The third kappa shape index (κ3) is 4.42. The van der Waals surface area contributed by atoms with Crippen LogP contribution in [0.2, 0.25) is 0 Å². The first kappa shape index (κ1) is 16.2. The summed E-state index contributed by atoms with van der Waals surface area (Å²) in [6, 6.07) is 5.06. The van der Waals surface area contributed by atoms with E-state index in [1.807, 2.05) is 12.1 Å². The van der Waals surface area contributed by atoms with Gasteiger partial charge in [-0.25, -0.2) is 4.79 Å². The molecular formula is C15H23N5O2. The lowest BCUT2D eigenvalue weighted by molar-refractivity contribution is 0.0481. The minimum Gasteiger partial charge on any atom is -0.388 e. The zero-order valence-corrected chi connectivity index (χ0v) is 13.2. The van der Waals surface area contributed by atoms with Crippen molar-refractivity contribution in [2.45, 2.75) is 39.2 Å². The quantitative estimate of drug-likeness (QED) is 0.761. The maximum atomic E-state index is 11.9. The fraction of sp³-hybridized carbons (Fsp3) is 0.533. The van der Waals surface area contributed by atoms with Gasteiger partial charge in [-0.15, -0.1) is 10.2 Å². The molecular weight excluding hydrogens is 282 g/mol. The Bertz CT molecular complexity index is 636. The van der Waals surface area contributed by atoms with Crippen molar-refractivity contribution in [1.29, 1.82) is 0 Å². The molecule has 0 saturated carbocycles. The van der Waals surface area contributed by atoms with Gasteiger partial charge in [-0.1, -0.05) is 19.9 Å². The number of anilines is 1. The minimum atomic E-state index is -0.922. The van der Waals surface area contributed by atoms with E-state index in [9.17, 15) is 9.90 Å². The molecule has 2 rings (SSSR count). The number of nitrogens with one attached hydrogen (secondary N) is 2. The number of aliphatic hydroxyl groups is 1. The highest BCUT2D eigenvalue weighted by Gasteiger charge is 2.21. The first-order valence-corrected chi connectivity index (χ1v) is 7.44. The first-order valence-electron chi connectivity index (χ1n) is 7.44. The average Bonchev–Trinajstić information content (AvgIpc) is 2.87. The van der Waals surface area contributed by atoms with Gasteiger partial charge in [-0.2, -0.15) is 0 Å². The number of hydrogen-bond acceptors (Lipinski definition) is 4. The van der Waals surface area contributed by atoms with Gasteiger partial charge in [0, 0.05) is 12.7 Å². The van der Waals surface area contributed by atoms with Crippen LogP contribution in [0.3, 0.4) is 0 Å². The number of carbonyl (C=O) groups excluding carboxylic acids is 1. The molecule has 2 aromatic heterocycles. The smallest absolute Gasteiger partial charge is 0.321 e. The average molecular weight is 305 g/mol. The molecule has 1 atom stereocenters. The van der Waals surface area contributed by atoms with Crippen molar-refractivity contribution in [1.82, 2.24) is 19.9 Å². The number of rotatable bonds is 6. The first-order chi connectivity index (χ1) is 10.4. The molecule has 120 valence electrons. The van der Waals surface area contributed by atoms with Crippen molar-refractivity contribution in [3.05, 3.63) is 24.4 Å².